The molecular formula is C20H23N2O4+. The lowest BCUT2D eigenvalue weighted by Gasteiger charge is -2.28. The second-order valence-corrected chi connectivity index (χ2v) is 6.23. The van der Waals surface area contributed by atoms with Crippen LogP contribution in [0.25, 0.3) is 11.8 Å². The third-order valence-electron chi connectivity index (χ3n) is 4.26. The van der Waals surface area contributed by atoms with E-state index < -0.39 is 6.10 Å². The molecule has 136 valence electrons. The monoisotopic (exact) mass is 355 g/mol. The van der Waals surface area contributed by atoms with Crippen molar-refractivity contribution in [2.45, 2.75) is 26.4 Å². The van der Waals surface area contributed by atoms with Gasteiger partial charge in [-0.25, -0.2) is 9.37 Å². The van der Waals surface area contributed by atoms with Gasteiger partial charge in [-0.2, -0.15) is 0 Å². The maximum Gasteiger partial charge on any atom is 0.331 e. The van der Waals surface area contributed by atoms with E-state index in [0.29, 0.717) is 23.5 Å². The molecule has 26 heavy (non-hydrogen) atoms. The van der Waals surface area contributed by atoms with Crippen LogP contribution in [0.4, 0.5) is 0 Å². The zero-order valence-electron chi connectivity index (χ0n) is 15.0. The molecule has 2 atom stereocenters. The highest BCUT2D eigenvalue weighted by Gasteiger charge is 2.34. The van der Waals surface area contributed by atoms with Crippen molar-refractivity contribution < 1.29 is 23.3 Å². The van der Waals surface area contributed by atoms with Crippen LogP contribution in [0, 0.1) is 11.3 Å². The van der Waals surface area contributed by atoms with Crippen molar-refractivity contribution in [3.63, 3.8) is 0 Å². The van der Waals surface area contributed by atoms with Gasteiger partial charge in [0.05, 0.1) is 12.9 Å². The molecule has 0 bridgehead atoms. The van der Waals surface area contributed by atoms with E-state index in [1.54, 1.807) is 19.3 Å². The molecule has 6 nitrogen and oxygen atoms in total. The highest BCUT2D eigenvalue weighted by Crippen LogP contribution is 2.26. The van der Waals surface area contributed by atoms with E-state index in [1.807, 2.05) is 42.1 Å². The van der Waals surface area contributed by atoms with Crippen LogP contribution in [-0.2, 0) is 14.3 Å². The van der Waals surface area contributed by atoms with Crippen molar-refractivity contribution in [2.75, 3.05) is 13.2 Å². The molecule has 0 saturated heterocycles. The van der Waals surface area contributed by atoms with E-state index in [0.717, 1.165) is 18.2 Å². The maximum atomic E-state index is 11.6. The fourth-order valence-electron chi connectivity index (χ4n) is 2.97. The third-order valence-corrected chi connectivity index (χ3v) is 4.26. The Hall–Kier alpha value is -2.89. The Morgan fingerprint density at radius 3 is 3.08 bits per heavy atom. The van der Waals surface area contributed by atoms with Crippen LogP contribution in [0.5, 0.6) is 0 Å². The van der Waals surface area contributed by atoms with Crippen molar-refractivity contribution in [1.82, 2.24) is 0 Å². The Bertz CT molecular complexity index is 904. The number of ether oxygens (including phenoxy) is 2. The second-order valence-electron chi connectivity index (χ2n) is 6.23. The van der Waals surface area contributed by atoms with Crippen LogP contribution in [0.15, 0.2) is 41.2 Å². The number of hydrogen-bond donors (Lipinski definition) is 1. The molecule has 3 rings (SSSR count). The Morgan fingerprint density at radius 1 is 1.46 bits per heavy atom. The highest BCUT2D eigenvalue weighted by molar-refractivity contribution is 5.89. The van der Waals surface area contributed by atoms with Crippen molar-refractivity contribution in [1.29, 1.82) is 5.41 Å². The normalized spacial score (nSPS) is 21.8. The molecule has 6 heteroatoms. The van der Waals surface area contributed by atoms with Crippen LogP contribution >= 0.6 is 0 Å². The molecule has 1 N–H and O–H groups in total. The first-order valence-corrected chi connectivity index (χ1v) is 8.68. The topological polar surface area (TPSA) is 75.5 Å². The largest absolute Gasteiger partial charge is 0.490 e. The van der Waals surface area contributed by atoms with Crippen molar-refractivity contribution in [2.24, 2.45) is 5.92 Å². The number of furan rings is 1. The molecular weight excluding hydrogens is 332 g/mol. The van der Waals surface area contributed by atoms with E-state index in [9.17, 15) is 4.79 Å². The van der Waals surface area contributed by atoms with Crippen molar-refractivity contribution >= 4 is 29.7 Å². The van der Waals surface area contributed by atoms with Gasteiger partial charge >= 0.3 is 5.97 Å². The average molecular weight is 355 g/mol. The minimum atomic E-state index is -0.472. The average Bonchev–Trinajstić information content (AvgIpc) is 3.08. The summed E-state index contributed by atoms with van der Waals surface area (Å²) in [7, 11) is 0. The molecule has 1 aliphatic carbocycles. The number of hydrogen-bond acceptors (Lipinski definition) is 5. The number of nitrogens with one attached hydrogen (secondary N) is 1. The summed E-state index contributed by atoms with van der Waals surface area (Å²) >= 11 is 0. The smallest absolute Gasteiger partial charge is 0.331 e. The van der Waals surface area contributed by atoms with Gasteiger partial charge in [0.1, 0.15) is 6.21 Å². The Kier molecular flexibility index (Phi) is 5.51. The molecule has 0 radical (unpaired) electrons. The quantitative estimate of drug-likeness (QED) is 0.347. The number of nitrogens with zero attached hydrogens (tertiary/aromatic N) is 1. The van der Waals surface area contributed by atoms with Gasteiger partial charge in [0.2, 0.25) is 0 Å². The molecule has 2 heterocycles. The summed E-state index contributed by atoms with van der Waals surface area (Å²) in [6, 6.07) is 1.89. The van der Waals surface area contributed by atoms with Crippen LogP contribution in [0.3, 0.4) is 0 Å². The van der Waals surface area contributed by atoms with E-state index in [1.165, 1.54) is 6.08 Å². The first kappa shape index (κ1) is 17.9. The Labute approximate surface area is 151 Å². The minimum absolute atomic E-state index is 0.0354. The van der Waals surface area contributed by atoms with E-state index in [-0.39, 0.29) is 11.9 Å². The van der Waals surface area contributed by atoms with E-state index >= 15 is 0 Å². The summed E-state index contributed by atoms with van der Waals surface area (Å²) < 4.78 is 19.0. The van der Waals surface area contributed by atoms with Gasteiger partial charge in [-0.15, -0.1) is 0 Å². The molecule has 2 aliphatic rings. The van der Waals surface area contributed by atoms with Crippen LogP contribution < -0.4 is 10.6 Å². The van der Waals surface area contributed by atoms with Gasteiger partial charge < -0.3 is 19.3 Å². The SMILES string of the molecule is CC=[N+](/C=C\C(C)=N)CCCOC1=c2occc2=CC2C=CC(=O)OC12. The predicted octanol–water partition coefficient (Wildman–Crippen LogP) is 1.34. The molecule has 0 aromatic carbocycles. The zero-order chi connectivity index (χ0) is 18.5. The molecule has 2 unspecified atom stereocenters. The molecule has 0 fully saturated rings. The lowest BCUT2D eigenvalue weighted by atomic mass is 9.93. The van der Waals surface area contributed by atoms with Crippen LogP contribution in [0.2, 0.25) is 0 Å². The number of allylic oxidation sites excluding steroid dienone is 1. The summed E-state index contributed by atoms with van der Waals surface area (Å²) in [6.45, 7) is 4.92. The van der Waals surface area contributed by atoms with Gasteiger partial charge in [0.25, 0.3) is 0 Å². The molecule has 1 aromatic heterocycles. The number of carbonyl (C=O) groups excluding carboxylic acids is 1. The lowest BCUT2D eigenvalue weighted by molar-refractivity contribution is -0.453. The number of esters is 1. The molecule has 1 aliphatic heterocycles. The third kappa shape index (κ3) is 4.02. The van der Waals surface area contributed by atoms with E-state index in [4.69, 9.17) is 19.3 Å². The first-order valence-electron chi connectivity index (χ1n) is 8.68. The molecule has 0 saturated carbocycles. The number of carbonyl (C=O) groups is 1. The number of rotatable bonds is 7. The predicted molar refractivity (Wildman–Crippen MR) is 98.3 cm³/mol. The Balaban J connectivity index is 1.68. The minimum Gasteiger partial charge on any atom is -0.490 e. The van der Waals surface area contributed by atoms with Crippen molar-refractivity contribution in [3.05, 3.63) is 47.4 Å². The van der Waals surface area contributed by atoms with Gasteiger partial charge in [-0.3, -0.25) is 0 Å². The van der Waals surface area contributed by atoms with E-state index in [2.05, 4.69) is 0 Å². The lowest BCUT2D eigenvalue weighted by Crippen LogP contribution is -2.41. The van der Waals surface area contributed by atoms with Crippen LogP contribution in [0.1, 0.15) is 20.3 Å². The summed E-state index contributed by atoms with van der Waals surface area (Å²) in [5, 5.41) is 8.41. The maximum absolute atomic E-state index is 11.6. The van der Waals surface area contributed by atoms with Gasteiger partial charge in [-0.05, 0) is 13.0 Å². The fourth-order valence-corrected chi connectivity index (χ4v) is 2.97. The summed E-state index contributed by atoms with van der Waals surface area (Å²) in [6.07, 6.45) is 12.8. The number of fused-ring (bicyclic) bond motifs is 2. The summed E-state index contributed by atoms with van der Waals surface area (Å²) in [4.78, 5) is 11.6. The second kappa shape index (κ2) is 7.99. The van der Waals surface area contributed by atoms with Gasteiger partial charge in [0, 0.05) is 42.3 Å². The fraction of sp³-hybridized carbons (Fsp3) is 0.350. The van der Waals surface area contributed by atoms with Gasteiger partial charge in [-0.1, -0.05) is 12.2 Å². The molecule has 1 aromatic rings. The van der Waals surface area contributed by atoms with Gasteiger partial charge in [0.15, 0.2) is 30.0 Å². The summed E-state index contributed by atoms with van der Waals surface area (Å²) in [5.41, 5.74) is 1.14. The highest BCUT2D eigenvalue weighted by atomic mass is 16.6. The summed E-state index contributed by atoms with van der Waals surface area (Å²) in [5.74, 6) is 0.176. The van der Waals surface area contributed by atoms with Crippen LogP contribution in [-0.4, -0.2) is 41.7 Å². The standard InChI is InChI=1S/C20H23N2O4/c1-3-22(10-7-14(2)21)9-4-11-24-20-18-16(8-12-25-18)13-15-5-6-17(23)26-19(15)20/h3,5-8,10,12-13,15,19,21H,4,9,11H2,1-2H3/q+1/b10-7-,21-14?,22-3?. The molecule has 0 amide bonds. The van der Waals surface area contributed by atoms with Crippen molar-refractivity contribution in [3.8, 4) is 0 Å². The first-order chi connectivity index (χ1) is 12.6. The molecule has 0 spiro atoms. The zero-order valence-corrected chi connectivity index (χ0v) is 15.0. The Morgan fingerprint density at radius 2 is 2.31 bits per heavy atom.